The van der Waals surface area contributed by atoms with Gasteiger partial charge < -0.3 is 9.30 Å². The maximum Gasteiger partial charge on any atom is 0.309 e. The van der Waals surface area contributed by atoms with Crippen LogP contribution in [0.15, 0.2) is 18.6 Å². The Balaban J connectivity index is 2.42. The van der Waals surface area contributed by atoms with E-state index < -0.39 is 0 Å². The van der Waals surface area contributed by atoms with Crippen molar-refractivity contribution in [2.24, 2.45) is 7.05 Å². The number of aryl methyl sites for hydroxylation is 1. The van der Waals surface area contributed by atoms with Gasteiger partial charge in [-0.2, -0.15) is 0 Å². The van der Waals surface area contributed by atoms with Gasteiger partial charge in [0.2, 0.25) is 0 Å². The zero-order valence-corrected chi connectivity index (χ0v) is 8.43. The standard InChI is InChI=1S/C10H14N2O2/c1-3-14-10(13)6-4-5-9-7-11-8-12(9)2/h4-5,7-8H,3,6H2,1-2H3. The molecule has 0 aromatic carbocycles. The van der Waals surface area contributed by atoms with E-state index in [-0.39, 0.29) is 5.97 Å². The van der Waals surface area contributed by atoms with Gasteiger partial charge in [0.15, 0.2) is 0 Å². The predicted octanol–water partition coefficient (Wildman–Crippen LogP) is 1.39. The third-order valence-corrected chi connectivity index (χ3v) is 1.73. The number of aromatic nitrogens is 2. The lowest BCUT2D eigenvalue weighted by Crippen LogP contribution is -2.01. The summed E-state index contributed by atoms with van der Waals surface area (Å²) in [6.45, 7) is 2.22. The number of carbonyl (C=O) groups is 1. The van der Waals surface area contributed by atoms with E-state index in [1.807, 2.05) is 17.7 Å². The Morgan fingerprint density at radius 1 is 1.71 bits per heavy atom. The highest BCUT2D eigenvalue weighted by molar-refractivity contribution is 5.72. The topological polar surface area (TPSA) is 44.1 Å². The van der Waals surface area contributed by atoms with Gasteiger partial charge in [-0.3, -0.25) is 4.79 Å². The van der Waals surface area contributed by atoms with Crippen LogP contribution < -0.4 is 0 Å². The molecule has 1 rings (SSSR count). The first kappa shape index (κ1) is 10.5. The van der Waals surface area contributed by atoms with Crippen LogP contribution in [0.4, 0.5) is 0 Å². The summed E-state index contributed by atoms with van der Waals surface area (Å²) in [6, 6.07) is 0. The van der Waals surface area contributed by atoms with E-state index in [4.69, 9.17) is 4.74 Å². The molecule has 4 nitrogen and oxygen atoms in total. The van der Waals surface area contributed by atoms with Crippen molar-refractivity contribution >= 4 is 12.0 Å². The second kappa shape index (κ2) is 5.21. The van der Waals surface area contributed by atoms with Crippen molar-refractivity contribution in [3.05, 3.63) is 24.3 Å². The second-order valence-electron chi connectivity index (χ2n) is 2.84. The number of carbonyl (C=O) groups excluding carboxylic acids is 1. The summed E-state index contributed by atoms with van der Waals surface area (Å²) in [7, 11) is 1.90. The highest BCUT2D eigenvalue weighted by Crippen LogP contribution is 2.00. The SMILES string of the molecule is CCOC(=O)CC=Cc1cncn1C. The summed E-state index contributed by atoms with van der Waals surface area (Å²) in [6.07, 6.45) is 7.38. The predicted molar refractivity (Wildman–Crippen MR) is 53.5 cm³/mol. The molecule has 0 saturated carbocycles. The minimum Gasteiger partial charge on any atom is -0.466 e. The molecule has 14 heavy (non-hydrogen) atoms. The summed E-state index contributed by atoms with van der Waals surface area (Å²) < 4.78 is 6.66. The molecule has 0 unspecified atom stereocenters. The third-order valence-electron chi connectivity index (χ3n) is 1.73. The Hall–Kier alpha value is -1.58. The van der Waals surface area contributed by atoms with Crippen molar-refractivity contribution in [3.63, 3.8) is 0 Å². The fraction of sp³-hybridized carbons (Fsp3) is 0.400. The van der Waals surface area contributed by atoms with Crippen molar-refractivity contribution in [1.29, 1.82) is 0 Å². The van der Waals surface area contributed by atoms with Gasteiger partial charge in [0.25, 0.3) is 0 Å². The smallest absolute Gasteiger partial charge is 0.309 e. The molecule has 0 bridgehead atoms. The maximum absolute atomic E-state index is 11.0. The van der Waals surface area contributed by atoms with Crippen LogP contribution in [-0.4, -0.2) is 22.1 Å². The number of imidazole rings is 1. The van der Waals surface area contributed by atoms with Gasteiger partial charge in [0.1, 0.15) is 0 Å². The van der Waals surface area contributed by atoms with Crippen molar-refractivity contribution < 1.29 is 9.53 Å². The number of esters is 1. The molecule has 1 heterocycles. The van der Waals surface area contributed by atoms with E-state index in [1.165, 1.54) is 0 Å². The normalized spacial score (nSPS) is 10.7. The molecular weight excluding hydrogens is 180 g/mol. The van der Waals surface area contributed by atoms with Gasteiger partial charge in [0.05, 0.1) is 31.2 Å². The lowest BCUT2D eigenvalue weighted by molar-refractivity contribution is -0.142. The second-order valence-corrected chi connectivity index (χ2v) is 2.84. The quantitative estimate of drug-likeness (QED) is 0.680. The van der Waals surface area contributed by atoms with E-state index >= 15 is 0 Å². The fourth-order valence-electron chi connectivity index (χ4n) is 1.02. The third kappa shape index (κ3) is 3.05. The van der Waals surface area contributed by atoms with Crippen LogP contribution >= 0.6 is 0 Å². The van der Waals surface area contributed by atoms with Gasteiger partial charge in [0, 0.05) is 7.05 Å². The molecule has 4 heteroatoms. The Bertz CT molecular complexity index is 329. The first-order valence-electron chi connectivity index (χ1n) is 4.52. The first-order chi connectivity index (χ1) is 6.74. The molecule has 0 fully saturated rings. The van der Waals surface area contributed by atoms with Crippen LogP contribution in [0.3, 0.4) is 0 Å². The minimum atomic E-state index is -0.203. The van der Waals surface area contributed by atoms with Gasteiger partial charge in [-0.05, 0) is 13.0 Å². The Kier molecular flexibility index (Phi) is 3.91. The largest absolute Gasteiger partial charge is 0.466 e. The van der Waals surface area contributed by atoms with E-state index in [0.29, 0.717) is 13.0 Å². The van der Waals surface area contributed by atoms with Crippen molar-refractivity contribution in [1.82, 2.24) is 9.55 Å². The Morgan fingerprint density at radius 2 is 2.50 bits per heavy atom. The molecule has 0 aliphatic rings. The summed E-state index contributed by atoms with van der Waals surface area (Å²) in [5, 5.41) is 0. The molecule has 0 aliphatic carbocycles. The number of hydrogen-bond acceptors (Lipinski definition) is 3. The minimum absolute atomic E-state index is 0.203. The van der Waals surface area contributed by atoms with E-state index in [1.54, 1.807) is 25.5 Å². The number of rotatable bonds is 4. The van der Waals surface area contributed by atoms with E-state index in [9.17, 15) is 4.79 Å². The molecule has 0 atom stereocenters. The molecule has 0 radical (unpaired) electrons. The maximum atomic E-state index is 11.0. The molecule has 0 N–H and O–H groups in total. The highest BCUT2D eigenvalue weighted by atomic mass is 16.5. The lowest BCUT2D eigenvalue weighted by atomic mass is 10.3. The van der Waals surface area contributed by atoms with Crippen LogP contribution in [0.25, 0.3) is 6.08 Å². The molecule has 1 aromatic heterocycles. The molecule has 0 aliphatic heterocycles. The number of hydrogen-bond donors (Lipinski definition) is 0. The molecule has 76 valence electrons. The Labute approximate surface area is 83.2 Å². The zero-order chi connectivity index (χ0) is 10.4. The van der Waals surface area contributed by atoms with Crippen LogP contribution in [0.1, 0.15) is 19.0 Å². The monoisotopic (exact) mass is 194 g/mol. The molecule has 1 aromatic rings. The molecule has 0 saturated heterocycles. The van der Waals surface area contributed by atoms with Gasteiger partial charge in [-0.25, -0.2) is 4.98 Å². The van der Waals surface area contributed by atoms with E-state index in [2.05, 4.69) is 4.98 Å². The lowest BCUT2D eigenvalue weighted by Gasteiger charge is -1.97. The van der Waals surface area contributed by atoms with Crippen molar-refractivity contribution in [2.75, 3.05) is 6.61 Å². The average Bonchev–Trinajstić information content (AvgIpc) is 2.52. The summed E-state index contributed by atoms with van der Waals surface area (Å²) in [4.78, 5) is 14.9. The summed E-state index contributed by atoms with van der Waals surface area (Å²) in [5.74, 6) is -0.203. The van der Waals surface area contributed by atoms with Crippen molar-refractivity contribution in [3.8, 4) is 0 Å². The van der Waals surface area contributed by atoms with Gasteiger partial charge in [-0.1, -0.05) is 6.08 Å². The van der Waals surface area contributed by atoms with E-state index in [0.717, 1.165) is 5.69 Å². The summed E-state index contributed by atoms with van der Waals surface area (Å²) in [5.41, 5.74) is 0.967. The molecule has 0 amide bonds. The zero-order valence-electron chi connectivity index (χ0n) is 8.43. The first-order valence-corrected chi connectivity index (χ1v) is 4.52. The van der Waals surface area contributed by atoms with Gasteiger partial charge in [-0.15, -0.1) is 0 Å². The Morgan fingerprint density at radius 3 is 3.07 bits per heavy atom. The molecule has 0 spiro atoms. The van der Waals surface area contributed by atoms with Gasteiger partial charge >= 0.3 is 5.97 Å². The number of nitrogens with zero attached hydrogens (tertiary/aromatic N) is 2. The molecular formula is C10H14N2O2. The van der Waals surface area contributed by atoms with Crippen LogP contribution in [0.5, 0.6) is 0 Å². The van der Waals surface area contributed by atoms with Crippen LogP contribution in [0.2, 0.25) is 0 Å². The van der Waals surface area contributed by atoms with Crippen LogP contribution in [-0.2, 0) is 16.6 Å². The van der Waals surface area contributed by atoms with Crippen LogP contribution in [0, 0.1) is 0 Å². The fourth-order valence-corrected chi connectivity index (χ4v) is 1.02. The van der Waals surface area contributed by atoms with Crippen molar-refractivity contribution in [2.45, 2.75) is 13.3 Å². The highest BCUT2D eigenvalue weighted by Gasteiger charge is 1.97. The number of ether oxygens (including phenoxy) is 1. The average molecular weight is 194 g/mol. The summed E-state index contributed by atoms with van der Waals surface area (Å²) >= 11 is 0.